The predicted octanol–water partition coefficient (Wildman–Crippen LogP) is 3.65. The third-order valence-corrected chi connectivity index (χ3v) is 4.06. The second kappa shape index (κ2) is 5.63. The second-order valence-corrected chi connectivity index (χ2v) is 5.36. The van der Waals surface area contributed by atoms with Crippen LogP contribution < -0.4 is 0 Å². The summed E-state index contributed by atoms with van der Waals surface area (Å²) in [5.41, 5.74) is 0.369. The molecule has 2 heteroatoms. The normalized spacial score (nSPS) is 29.9. The van der Waals surface area contributed by atoms with Crippen molar-refractivity contribution in [3.8, 4) is 0 Å². The standard InChI is InChI=1S/C15H23NO/c1-2-5-13-6-3-9-15(17,10-8-13)14-7-4-11-16-12-14/h4,7,11-13,17H,2-3,5-6,8-10H2,1H3. The molecule has 1 saturated carbocycles. The Hall–Kier alpha value is -0.890. The molecule has 17 heavy (non-hydrogen) atoms. The lowest BCUT2D eigenvalue weighted by molar-refractivity contribution is 0.0192. The molecule has 0 aliphatic heterocycles. The van der Waals surface area contributed by atoms with E-state index in [1.165, 1.54) is 19.3 Å². The van der Waals surface area contributed by atoms with Gasteiger partial charge in [0.25, 0.3) is 0 Å². The lowest BCUT2D eigenvalue weighted by Crippen LogP contribution is -2.24. The summed E-state index contributed by atoms with van der Waals surface area (Å²) in [4.78, 5) is 4.13. The smallest absolute Gasteiger partial charge is 0.0911 e. The van der Waals surface area contributed by atoms with Crippen molar-refractivity contribution in [1.29, 1.82) is 0 Å². The number of aromatic nitrogens is 1. The molecule has 0 bridgehead atoms. The van der Waals surface area contributed by atoms with E-state index in [4.69, 9.17) is 0 Å². The van der Waals surface area contributed by atoms with Gasteiger partial charge in [-0.25, -0.2) is 0 Å². The van der Waals surface area contributed by atoms with Gasteiger partial charge < -0.3 is 5.11 Å². The van der Waals surface area contributed by atoms with Gasteiger partial charge >= 0.3 is 0 Å². The highest BCUT2D eigenvalue weighted by molar-refractivity contribution is 5.18. The first-order valence-electron chi connectivity index (χ1n) is 6.87. The lowest BCUT2D eigenvalue weighted by atomic mass is 9.87. The molecule has 0 spiro atoms. The predicted molar refractivity (Wildman–Crippen MR) is 69.6 cm³/mol. The Morgan fingerprint density at radius 2 is 2.29 bits per heavy atom. The van der Waals surface area contributed by atoms with Crippen molar-refractivity contribution in [1.82, 2.24) is 4.98 Å². The summed E-state index contributed by atoms with van der Waals surface area (Å²) in [6.07, 6.45) is 11.5. The van der Waals surface area contributed by atoms with E-state index in [0.717, 1.165) is 37.2 Å². The first-order chi connectivity index (χ1) is 8.24. The number of pyridine rings is 1. The molecule has 2 nitrogen and oxygen atoms in total. The van der Waals surface area contributed by atoms with E-state index in [-0.39, 0.29) is 0 Å². The Bertz CT molecular complexity index is 338. The first kappa shape index (κ1) is 12.6. The average Bonchev–Trinajstić information content (AvgIpc) is 2.55. The monoisotopic (exact) mass is 233 g/mol. The zero-order valence-corrected chi connectivity index (χ0v) is 10.7. The number of hydrogen-bond acceptors (Lipinski definition) is 2. The molecule has 1 heterocycles. The van der Waals surface area contributed by atoms with Gasteiger partial charge in [-0.2, -0.15) is 0 Å². The molecular formula is C15H23NO. The van der Waals surface area contributed by atoms with Crippen molar-refractivity contribution in [3.05, 3.63) is 30.1 Å². The van der Waals surface area contributed by atoms with E-state index < -0.39 is 5.60 Å². The zero-order valence-electron chi connectivity index (χ0n) is 10.7. The van der Waals surface area contributed by atoms with Crippen LogP contribution >= 0.6 is 0 Å². The van der Waals surface area contributed by atoms with Crippen LogP contribution in [0.5, 0.6) is 0 Å². The van der Waals surface area contributed by atoms with E-state index in [2.05, 4.69) is 11.9 Å². The summed E-state index contributed by atoms with van der Waals surface area (Å²) in [5, 5.41) is 10.8. The molecule has 2 atom stereocenters. The molecule has 1 fully saturated rings. The molecule has 2 rings (SSSR count). The zero-order chi connectivity index (χ0) is 12.1. The fourth-order valence-electron chi connectivity index (χ4n) is 3.02. The van der Waals surface area contributed by atoms with Gasteiger partial charge in [0.2, 0.25) is 0 Å². The van der Waals surface area contributed by atoms with Crippen LogP contribution in [0.25, 0.3) is 0 Å². The van der Waals surface area contributed by atoms with Gasteiger partial charge in [0.05, 0.1) is 5.60 Å². The number of rotatable bonds is 3. The highest BCUT2D eigenvalue weighted by Gasteiger charge is 2.32. The van der Waals surface area contributed by atoms with Crippen molar-refractivity contribution in [2.24, 2.45) is 5.92 Å². The second-order valence-electron chi connectivity index (χ2n) is 5.36. The van der Waals surface area contributed by atoms with Crippen molar-refractivity contribution in [2.75, 3.05) is 0 Å². The molecule has 0 amide bonds. The number of hydrogen-bond donors (Lipinski definition) is 1. The van der Waals surface area contributed by atoms with Gasteiger partial charge in [0.1, 0.15) is 0 Å². The first-order valence-corrected chi connectivity index (χ1v) is 6.87. The van der Waals surface area contributed by atoms with Crippen LogP contribution in [0, 0.1) is 5.92 Å². The maximum Gasteiger partial charge on any atom is 0.0911 e. The number of nitrogens with zero attached hydrogens (tertiary/aromatic N) is 1. The fourth-order valence-corrected chi connectivity index (χ4v) is 3.02. The van der Waals surface area contributed by atoms with E-state index in [9.17, 15) is 5.11 Å². The summed E-state index contributed by atoms with van der Waals surface area (Å²) in [7, 11) is 0. The SMILES string of the molecule is CCCC1CCCC(O)(c2cccnc2)CC1. The van der Waals surface area contributed by atoms with Gasteiger partial charge in [-0.15, -0.1) is 0 Å². The van der Waals surface area contributed by atoms with Crippen LogP contribution in [0.2, 0.25) is 0 Å². The highest BCUT2D eigenvalue weighted by atomic mass is 16.3. The largest absolute Gasteiger partial charge is 0.385 e. The minimum Gasteiger partial charge on any atom is -0.385 e. The molecule has 1 N–H and O–H groups in total. The van der Waals surface area contributed by atoms with Crippen LogP contribution in [0.3, 0.4) is 0 Å². The van der Waals surface area contributed by atoms with E-state index in [0.29, 0.717) is 0 Å². The van der Waals surface area contributed by atoms with Crippen LogP contribution in [0.4, 0.5) is 0 Å². The maximum atomic E-state index is 10.8. The summed E-state index contributed by atoms with van der Waals surface area (Å²) in [5.74, 6) is 0.811. The van der Waals surface area contributed by atoms with Gasteiger partial charge in [-0.1, -0.05) is 32.3 Å². The lowest BCUT2D eigenvalue weighted by Gasteiger charge is -2.26. The minimum absolute atomic E-state index is 0.628. The summed E-state index contributed by atoms with van der Waals surface area (Å²) < 4.78 is 0. The van der Waals surface area contributed by atoms with E-state index in [1.54, 1.807) is 6.20 Å². The quantitative estimate of drug-likeness (QED) is 0.808. The Kier molecular flexibility index (Phi) is 4.16. The molecule has 1 aromatic rings. The summed E-state index contributed by atoms with van der Waals surface area (Å²) in [6.45, 7) is 2.25. The van der Waals surface area contributed by atoms with Crippen molar-refractivity contribution in [3.63, 3.8) is 0 Å². The number of aliphatic hydroxyl groups is 1. The van der Waals surface area contributed by atoms with Crippen LogP contribution in [-0.2, 0) is 5.60 Å². The molecule has 2 unspecified atom stereocenters. The van der Waals surface area contributed by atoms with Gasteiger partial charge in [0.15, 0.2) is 0 Å². The van der Waals surface area contributed by atoms with Gasteiger partial charge in [0, 0.05) is 18.0 Å². The Labute approximate surface area is 104 Å². The van der Waals surface area contributed by atoms with E-state index in [1.807, 2.05) is 18.3 Å². The van der Waals surface area contributed by atoms with Gasteiger partial charge in [-0.05, 0) is 37.7 Å². The Balaban J connectivity index is 2.06. The molecule has 94 valence electrons. The van der Waals surface area contributed by atoms with Crippen molar-refractivity contribution < 1.29 is 5.11 Å². The van der Waals surface area contributed by atoms with Crippen LogP contribution in [-0.4, -0.2) is 10.1 Å². The van der Waals surface area contributed by atoms with Crippen LogP contribution in [0.1, 0.15) is 57.4 Å². The molecular weight excluding hydrogens is 210 g/mol. The van der Waals surface area contributed by atoms with Crippen molar-refractivity contribution >= 4 is 0 Å². The van der Waals surface area contributed by atoms with E-state index >= 15 is 0 Å². The van der Waals surface area contributed by atoms with Crippen LogP contribution in [0.15, 0.2) is 24.5 Å². The third kappa shape index (κ3) is 3.06. The fraction of sp³-hybridized carbons (Fsp3) is 0.667. The highest BCUT2D eigenvalue weighted by Crippen LogP contribution is 2.38. The molecule has 0 aromatic carbocycles. The molecule has 0 radical (unpaired) electrons. The topological polar surface area (TPSA) is 33.1 Å². The van der Waals surface area contributed by atoms with Crippen molar-refractivity contribution in [2.45, 2.75) is 57.5 Å². The van der Waals surface area contributed by atoms with Gasteiger partial charge in [-0.3, -0.25) is 4.98 Å². The maximum absolute atomic E-state index is 10.8. The molecule has 1 aromatic heterocycles. The molecule has 1 aliphatic rings. The molecule has 1 aliphatic carbocycles. The Morgan fingerprint density at radius 1 is 1.41 bits per heavy atom. The molecule has 0 saturated heterocycles. The minimum atomic E-state index is -0.628. The summed E-state index contributed by atoms with van der Waals surface area (Å²) >= 11 is 0. The average molecular weight is 233 g/mol. The third-order valence-electron chi connectivity index (χ3n) is 4.06. The summed E-state index contributed by atoms with van der Waals surface area (Å²) in [6, 6.07) is 3.93. The Morgan fingerprint density at radius 3 is 3.00 bits per heavy atom.